The molecule has 122 valence electrons. The van der Waals surface area contributed by atoms with E-state index in [1.165, 1.54) is 0 Å². The SMILES string of the molecule is CNCC1CCN(c2nccc(C=C3SC(=O)NC3=O)n2)CC1. The summed E-state index contributed by atoms with van der Waals surface area (Å²) in [5.41, 5.74) is 0.639. The Morgan fingerprint density at radius 3 is 2.87 bits per heavy atom. The minimum Gasteiger partial charge on any atom is -0.341 e. The third-order valence-corrected chi connectivity index (χ3v) is 4.79. The van der Waals surface area contributed by atoms with Gasteiger partial charge in [0.2, 0.25) is 5.95 Å². The number of nitrogens with zero attached hydrogens (tertiary/aromatic N) is 3. The monoisotopic (exact) mass is 333 g/mol. The van der Waals surface area contributed by atoms with Crippen LogP contribution in [0.4, 0.5) is 10.7 Å². The Labute approximate surface area is 138 Å². The number of hydrogen-bond donors (Lipinski definition) is 2. The zero-order chi connectivity index (χ0) is 16.2. The van der Waals surface area contributed by atoms with Crippen molar-refractivity contribution in [3.63, 3.8) is 0 Å². The largest absolute Gasteiger partial charge is 0.341 e. The predicted molar refractivity (Wildman–Crippen MR) is 90.0 cm³/mol. The zero-order valence-corrected chi connectivity index (χ0v) is 13.7. The predicted octanol–water partition coefficient (Wildman–Crippen LogP) is 1.24. The van der Waals surface area contributed by atoms with E-state index >= 15 is 0 Å². The van der Waals surface area contributed by atoms with E-state index in [1.54, 1.807) is 18.3 Å². The maximum atomic E-state index is 11.6. The molecule has 0 unspecified atom stereocenters. The molecule has 8 heteroatoms. The zero-order valence-electron chi connectivity index (χ0n) is 12.9. The van der Waals surface area contributed by atoms with Crippen LogP contribution in [0, 0.1) is 5.92 Å². The Hall–Kier alpha value is -1.93. The fraction of sp³-hybridized carbons (Fsp3) is 0.467. The highest BCUT2D eigenvalue weighted by Gasteiger charge is 2.25. The summed E-state index contributed by atoms with van der Waals surface area (Å²) < 4.78 is 0. The molecule has 0 spiro atoms. The van der Waals surface area contributed by atoms with E-state index in [4.69, 9.17) is 0 Å². The molecule has 0 atom stereocenters. The van der Waals surface area contributed by atoms with Gasteiger partial charge in [-0.1, -0.05) is 0 Å². The summed E-state index contributed by atoms with van der Waals surface area (Å²) in [6, 6.07) is 1.74. The molecule has 1 aromatic rings. The van der Waals surface area contributed by atoms with E-state index in [-0.39, 0.29) is 11.1 Å². The van der Waals surface area contributed by atoms with Crippen molar-refractivity contribution in [3.8, 4) is 0 Å². The number of carbonyl (C=O) groups is 2. The van der Waals surface area contributed by atoms with Crippen molar-refractivity contribution in [1.29, 1.82) is 0 Å². The topological polar surface area (TPSA) is 87.2 Å². The number of imide groups is 1. The van der Waals surface area contributed by atoms with Crippen LogP contribution in [0.5, 0.6) is 0 Å². The molecule has 3 heterocycles. The van der Waals surface area contributed by atoms with E-state index < -0.39 is 0 Å². The molecule has 2 N–H and O–H groups in total. The summed E-state index contributed by atoms with van der Waals surface area (Å²) >= 11 is 0.896. The molecule has 0 saturated carbocycles. The van der Waals surface area contributed by atoms with Gasteiger partial charge >= 0.3 is 0 Å². The number of thioether (sulfide) groups is 1. The summed E-state index contributed by atoms with van der Waals surface area (Å²) in [6.45, 7) is 2.90. The van der Waals surface area contributed by atoms with Gasteiger partial charge in [-0.05, 0) is 56.3 Å². The second-order valence-corrected chi connectivity index (χ2v) is 6.64. The fourth-order valence-corrected chi connectivity index (χ4v) is 3.44. The van der Waals surface area contributed by atoms with Gasteiger partial charge in [0.25, 0.3) is 11.1 Å². The Bertz CT molecular complexity index is 641. The minimum absolute atomic E-state index is 0.345. The van der Waals surface area contributed by atoms with Gasteiger partial charge in [-0.15, -0.1) is 0 Å². The average molecular weight is 333 g/mol. The van der Waals surface area contributed by atoms with Crippen molar-refractivity contribution in [2.24, 2.45) is 5.92 Å². The lowest BCUT2D eigenvalue weighted by Crippen LogP contribution is -2.37. The van der Waals surface area contributed by atoms with Crippen LogP contribution in [-0.2, 0) is 4.79 Å². The fourth-order valence-electron chi connectivity index (χ4n) is 2.78. The number of piperidine rings is 1. The standard InChI is InChI=1S/C15H19N5O2S/c1-16-9-10-3-6-20(7-4-10)14-17-5-2-11(18-14)8-12-13(21)19-15(22)23-12/h2,5,8,10,16H,3-4,6-7,9H2,1H3,(H,19,21,22). The Balaban J connectivity index is 1.70. The van der Waals surface area contributed by atoms with Gasteiger partial charge in [-0.2, -0.15) is 0 Å². The average Bonchev–Trinajstić information content (AvgIpc) is 2.86. The number of amides is 2. The summed E-state index contributed by atoms with van der Waals surface area (Å²) in [4.78, 5) is 34.2. The molecule has 1 aromatic heterocycles. The maximum absolute atomic E-state index is 11.6. The molecule has 0 aromatic carbocycles. The van der Waals surface area contributed by atoms with Crippen LogP contribution in [0.15, 0.2) is 17.2 Å². The first-order valence-electron chi connectivity index (χ1n) is 7.63. The molecule has 23 heavy (non-hydrogen) atoms. The first-order valence-corrected chi connectivity index (χ1v) is 8.45. The lowest BCUT2D eigenvalue weighted by atomic mass is 9.97. The van der Waals surface area contributed by atoms with E-state index in [0.717, 1.165) is 44.2 Å². The second-order valence-electron chi connectivity index (χ2n) is 5.62. The van der Waals surface area contributed by atoms with Crippen LogP contribution < -0.4 is 15.5 Å². The molecular weight excluding hydrogens is 314 g/mol. The summed E-state index contributed by atoms with van der Waals surface area (Å²) in [7, 11) is 1.98. The summed E-state index contributed by atoms with van der Waals surface area (Å²) in [5, 5.41) is 5.12. The van der Waals surface area contributed by atoms with Crippen molar-refractivity contribution in [1.82, 2.24) is 20.6 Å². The van der Waals surface area contributed by atoms with Gasteiger partial charge < -0.3 is 10.2 Å². The first-order chi connectivity index (χ1) is 11.2. The van der Waals surface area contributed by atoms with Gasteiger partial charge in [-0.25, -0.2) is 9.97 Å². The third-order valence-electron chi connectivity index (χ3n) is 3.98. The van der Waals surface area contributed by atoms with Crippen molar-refractivity contribution in [3.05, 3.63) is 22.9 Å². The van der Waals surface area contributed by atoms with Crippen LogP contribution in [0.25, 0.3) is 6.08 Å². The van der Waals surface area contributed by atoms with Crippen molar-refractivity contribution in [2.45, 2.75) is 12.8 Å². The van der Waals surface area contributed by atoms with Crippen LogP contribution in [0.3, 0.4) is 0 Å². The van der Waals surface area contributed by atoms with E-state index in [2.05, 4.69) is 25.5 Å². The van der Waals surface area contributed by atoms with Gasteiger partial charge in [-0.3, -0.25) is 14.9 Å². The molecule has 0 bridgehead atoms. The molecule has 2 amide bonds. The van der Waals surface area contributed by atoms with E-state index in [1.807, 2.05) is 7.05 Å². The van der Waals surface area contributed by atoms with Gasteiger partial charge in [0.05, 0.1) is 10.6 Å². The highest BCUT2D eigenvalue weighted by molar-refractivity contribution is 8.18. The van der Waals surface area contributed by atoms with Crippen molar-refractivity contribution in [2.75, 3.05) is 31.6 Å². The summed E-state index contributed by atoms with van der Waals surface area (Å²) in [6.07, 6.45) is 5.54. The number of rotatable bonds is 4. The quantitative estimate of drug-likeness (QED) is 0.802. The van der Waals surface area contributed by atoms with Crippen LogP contribution in [0.2, 0.25) is 0 Å². The van der Waals surface area contributed by atoms with Crippen LogP contribution >= 0.6 is 11.8 Å². The molecule has 3 rings (SSSR count). The lowest BCUT2D eigenvalue weighted by Gasteiger charge is -2.31. The van der Waals surface area contributed by atoms with Gasteiger partial charge in [0.1, 0.15) is 0 Å². The number of hydrogen-bond acceptors (Lipinski definition) is 7. The molecular formula is C15H19N5O2S. The highest BCUT2D eigenvalue weighted by atomic mass is 32.2. The molecule has 2 saturated heterocycles. The minimum atomic E-state index is -0.368. The molecule has 2 aliphatic heterocycles. The van der Waals surface area contributed by atoms with Crippen LogP contribution in [0.1, 0.15) is 18.5 Å². The highest BCUT2D eigenvalue weighted by Crippen LogP contribution is 2.26. The molecule has 2 aliphatic rings. The summed E-state index contributed by atoms with van der Waals surface area (Å²) in [5.74, 6) is 1.01. The molecule has 7 nitrogen and oxygen atoms in total. The number of aromatic nitrogens is 2. The molecule has 0 aliphatic carbocycles. The van der Waals surface area contributed by atoms with Gasteiger partial charge in [0.15, 0.2) is 0 Å². The second kappa shape index (κ2) is 7.10. The Morgan fingerprint density at radius 1 is 1.43 bits per heavy atom. The van der Waals surface area contributed by atoms with E-state index in [9.17, 15) is 9.59 Å². The lowest BCUT2D eigenvalue weighted by molar-refractivity contribution is -0.115. The Morgan fingerprint density at radius 2 is 2.22 bits per heavy atom. The van der Waals surface area contributed by atoms with Crippen LogP contribution in [-0.4, -0.2) is 47.8 Å². The number of nitrogens with one attached hydrogen (secondary N) is 2. The van der Waals surface area contributed by atoms with E-state index in [0.29, 0.717) is 22.5 Å². The molecule has 2 fully saturated rings. The number of anilines is 1. The molecule has 0 radical (unpaired) electrons. The van der Waals surface area contributed by atoms with Crippen molar-refractivity contribution < 1.29 is 9.59 Å². The normalized spacial score (nSPS) is 21.1. The smallest absolute Gasteiger partial charge is 0.290 e. The maximum Gasteiger partial charge on any atom is 0.290 e. The Kier molecular flexibility index (Phi) is 4.92. The van der Waals surface area contributed by atoms with Gasteiger partial charge in [0, 0.05) is 19.3 Å². The first kappa shape index (κ1) is 15.9. The number of carbonyl (C=O) groups excluding carboxylic acids is 2. The third kappa shape index (κ3) is 3.89. The van der Waals surface area contributed by atoms with Crippen molar-refractivity contribution >= 4 is 34.9 Å².